The highest BCUT2D eigenvalue weighted by molar-refractivity contribution is 9.10. The molecule has 0 heterocycles. The lowest BCUT2D eigenvalue weighted by Crippen LogP contribution is -1.91. The van der Waals surface area contributed by atoms with E-state index in [2.05, 4.69) is 15.9 Å². The first-order valence-corrected chi connectivity index (χ1v) is 4.41. The number of aliphatic hydroxyl groups excluding tert-OH is 1. The molecule has 0 spiro atoms. The van der Waals surface area contributed by atoms with E-state index in [4.69, 9.17) is 11.6 Å². The number of halogens is 2. The van der Waals surface area contributed by atoms with Gasteiger partial charge in [-0.05, 0) is 24.6 Å². The fourth-order valence-corrected chi connectivity index (χ4v) is 1.67. The van der Waals surface area contributed by atoms with Gasteiger partial charge in [-0.3, -0.25) is 0 Å². The zero-order valence-corrected chi connectivity index (χ0v) is 8.35. The topological polar surface area (TPSA) is 20.2 Å². The Kier molecular flexibility index (Phi) is 2.93. The van der Waals surface area contributed by atoms with Gasteiger partial charge in [-0.1, -0.05) is 33.6 Å². The van der Waals surface area contributed by atoms with E-state index < -0.39 is 6.10 Å². The summed E-state index contributed by atoms with van der Waals surface area (Å²) in [7, 11) is 0. The monoisotopic (exact) mass is 234 g/mol. The van der Waals surface area contributed by atoms with Crippen LogP contribution in [0.2, 0.25) is 5.02 Å². The van der Waals surface area contributed by atoms with Crippen molar-refractivity contribution in [2.75, 3.05) is 0 Å². The minimum atomic E-state index is -0.504. The van der Waals surface area contributed by atoms with Gasteiger partial charge in [0.2, 0.25) is 0 Å². The predicted octanol–water partition coefficient (Wildman–Crippen LogP) is 3.16. The number of rotatable bonds is 1. The van der Waals surface area contributed by atoms with Crippen LogP contribution >= 0.6 is 27.5 Å². The quantitative estimate of drug-likeness (QED) is 0.793. The standard InChI is InChI=1S/C8H8BrClO/c1-5(11)7-3-2-6(9)4-8(7)10/h2-5,11H,1H3/t5-/m0/s1. The van der Waals surface area contributed by atoms with Gasteiger partial charge in [0, 0.05) is 9.50 Å². The van der Waals surface area contributed by atoms with Crippen molar-refractivity contribution in [2.45, 2.75) is 13.0 Å². The number of benzene rings is 1. The van der Waals surface area contributed by atoms with Crippen molar-refractivity contribution in [3.05, 3.63) is 33.3 Å². The van der Waals surface area contributed by atoms with Gasteiger partial charge in [0.05, 0.1) is 6.10 Å². The van der Waals surface area contributed by atoms with Crippen LogP contribution in [0.25, 0.3) is 0 Å². The maximum Gasteiger partial charge on any atom is 0.0776 e. The molecule has 0 unspecified atom stereocenters. The molecule has 60 valence electrons. The van der Waals surface area contributed by atoms with Gasteiger partial charge in [-0.2, -0.15) is 0 Å². The minimum absolute atomic E-state index is 0.504. The zero-order valence-electron chi connectivity index (χ0n) is 6.01. The molecular formula is C8H8BrClO. The van der Waals surface area contributed by atoms with E-state index in [1.165, 1.54) is 0 Å². The van der Waals surface area contributed by atoms with Gasteiger partial charge in [-0.25, -0.2) is 0 Å². The highest BCUT2D eigenvalue weighted by atomic mass is 79.9. The Balaban J connectivity index is 3.09. The van der Waals surface area contributed by atoms with Gasteiger partial charge < -0.3 is 5.11 Å². The third-order valence-corrected chi connectivity index (χ3v) is 2.23. The lowest BCUT2D eigenvalue weighted by atomic mass is 10.1. The molecular weight excluding hydrogens is 227 g/mol. The zero-order chi connectivity index (χ0) is 8.43. The highest BCUT2D eigenvalue weighted by Crippen LogP contribution is 2.25. The SMILES string of the molecule is C[C@H](O)c1ccc(Br)cc1Cl. The first-order chi connectivity index (χ1) is 5.11. The predicted molar refractivity (Wildman–Crippen MR) is 49.8 cm³/mol. The lowest BCUT2D eigenvalue weighted by molar-refractivity contribution is 0.199. The van der Waals surface area contributed by atoms with E-state index in [0.717, 1.165) is 10.0 Å². The largest absolute Gasteiger partial charge is 0.389 e. The first kappa shape index (κ1) is 9.04. The number of aliphatic hydroxyl groups is 1. The Morgan fingerprint density at radius 3 is 2.64 bits per heavy atom. The molecule has 0 aliphatic carbocycles. The molecule has 1 rings (SSSR count). The molecule has 0 radical (unpaired) electrons. The molecule has 3 heteroatoms. The Morgan fingerprint density at radius 1 is 1.55 bits per heavy atom. The second kappa shape index (κ2) is 3.57. The van der Waals surface area contributed by atoms with Gasteiger partial charge in [-0.15, -0.1) is 0 Å². The fourth-order valence-electron chi connectivity index (χ4n) is 0.840. The van der Waals surface area contributed by atoms with Crippen LogP contribution in [0.5, 0.6) is 0 Å². The van der Waals surface area contributed by atoms with Crippen LogP contribution in [0.4, 0.5) is 0 Å². The van der Waals surface area contributed by atoms with E-state index in [0.29, 0.717) is 5.02 Å². The Hall–Kier alpha value is -0.0500. The lowest BCUT2D eigenvalue weighted by Gasteiger charge is -2.06. The molecule has 0 amide bonds. The van der Waals surface area contributed by atoms with Crippen molar-refractivity contribution in [3.63, 3.8) is 0 Å². The molecule has 1 aromatic carbocycles. The summed E-state index contributed by atoms with van der Waals surface area (Å²) in [6.07, 6.45) is -0.504. The van der Waals surface area contributed by atoms with Crippen molar-refractivity contribution < 1.29 is 5.11 Å². The smallest absolute Gasteiger partial charge is 0.0776 e. The molecule has 0 saturated carbocycles. The molecule has 0 aliphatic rings. The summed E-state index contributed by atoms with van der Waals surface area (Å²) in [6, 6.07) is 5.43. The Labute approximate surface area is 79.1 Å². The maximum absolute atomic E-state index is 9.20. The average molecular weight is 236 g/mol. The third kappa shape index (κ3) is 2.19. The van der Waals surface area contributed by atoms with Gasteiger partial charge in [0.1, 0.15) is 0 Å². The second-order valence-electron chi connectivity index (χ2n) is 2.34. The molecule has 0 bridgehead atoms. The molecule has 1 aromatic rings. The van der Waals surface area contributed by atoms with Gasteiger partial charge >= 0.3 is 0 Å². The van der Waals surface area contributed by atoms with Crippen LogP contribution in [-0.4, -0.2) is 5.11 Å². The van der Waals surface area contributed by atoms with E-state index in [9.17, 15) is 5.11 Å². The summed E-state index contributed by atoms with van der Waals surface area (Å²) in [6.45, 7) is 1.69. The summed E-state index contributed by atoms with van der Waals surface area (Å²) < 4.78 is 0.923. The van der Waals surface area contributed by atoms with Crippen LogP contribution in [-0.2, 0) is 0 Å². The van der Waals surface area contributed by atoms with Crippen molar-refractivity contribution in [2.24, 2.45) is 0 Å². The second-order valence-corrected chi connectivity index (χ2v) is 3.66. The van der Waals surface area contributed by atoms with E-state index in [1.807, 2.05) is 6.07 Å². The average Bonchev–Trinajstić information content (AvgIpc) is 1.85. The maximum atomic E-state index is 9.20. The van der Waals surface area contributed by atoms with E-state index in [1.54, 1.807) is 19.1 Å². The molecule has 11 heavy (non-hydrogen) atoms. The first-order valence-electron chi connectivity index (χ1n) is 3.24. The van der Waals surface area contributed by atoms with Gasteiger partial charge in [0.25, 0.3) is 0 Å². The van der Waals surface area contributed by atoms with Crippen LogP contribution in [0.15, 0.2) is 22.7 Å². The number of hydrogen-bond acceptors (Lipinski definition) is 1. The molecule has 1 nitrogen and oxygen atoms in total. The van der Waals surface area contributed by atoms with Crippen molar-refractivity contribution in [1.29, 1.82) is 0 Å². The Morgan fingerprint density at radius 2 is 2.18 bits per heavy atom. The van der Waals surface area contributed by atoms with Crippen LogP contribution < -0.4 is 0 Å². The molecule has 0 aliphatic heterocycles. The fraction of sp³-hybridized carbons (Fsp3) is 0.250. The van der Waals surface area contributed by atoms with E-state index in [-0.39, 0.29) is 0 Å². The normalized spacial score (nSPS) is 13.1. The summed E-state index contributed by atoms with van der Waals surface area (Å²) in [4.78, 5) is 0. The molecule has 1 N–H and O–H groups in total. The molecule has 0 saturated heterocycles. The summed E-state index contributed by atoms with van der Waals surface area (Å²) >= 11 is 9.11. The van der Waals surface area contributed by atoms with Crippen molar-refractivity contribution >= 4 is 27.5 Å². The van der Waals surface area contributed by atoms with Crippen molar-refractivity contribution in [3.8, 4) is 0 Å². The Bertz CT molecular complexity index is 260. The summed E-state index contributed by atoms with van der Waals surface area (Å²) in [5, 5.41) is 9.79. The minimum Gasteiger partial charge on any atom is -0.389 e. The molecule has 1 atom stereocenters. The summed E-state index contributed by atoms with van der Waals surface area (Å²) in [5.41, 5.74) is 0.759. The van der Waals surface area contributed by atoms with Crippen LogP contribution in [0.3, 0.4) is 0 Å². The van der Waals surface area contributed by atoms with Crippen LogP contribution in [0, 0.1) is 0 Å². The van der Waals surface area contributed by atoms with Crippen LogP contribution in [0.1, 0.15) is 18.6 Å². The third-order valence-electron chi connectivity index (χ3n) is 1.41. The molecule has 0 fully saturated rings. The molecule has 0 aromatic heterocycles. The number of hydrogen-bond donors (Lipinski definition) is 1. The van der Waals surface area contributed by atoms with Crippen molar-refractivity contribution in [1.82, 2.24) is 0 Å². The van der Waals surface area contributed by atoms with Gasteiger partial charge in [0.15, 0.2) is 0 Å². The van der Waals surface area contributed by atoms with E-state index >= 15 is 0 Å². The highest BCUT2D eigenvalue weighted by Gasteiger charge is 2.05. The summed E-state index contributed by atoms with van der Waals surface area (Å²) in [5.74, 6) is 0.